The maximum Gasteiger partial charge on any atom is 0.389 e. The third-order valence-electron chi connectivity index (χ3n) is 2.15. The van der Waals surface area contributed by atoms with Crippen LogP contribution in [0, 0.1) is 6.92 Å². The molecule has 0 radical (unpaired) electrons. The number of hydrogen-bond donors (Lipinski definition) is 1. The summed E-state index contributed by atoms with van der Waals surface area (Å²) >= 11 is 5.78. The van der Waals surface area contributed by atoms with Crippen LogP contribution >= 0.6 is 11.6 Å². The van der Waals surface area contributed by atoms with Crippen molar-refractivity contribution in [1.29, 1.82) is 0 Å². The minimum Gasteiger partial charge on any atom is -0.385 e. The molecule has 16 heavy (non-hydrogen) atoms. The van der Waals surface area contributed by atoms with Crippen LogP contribution in [0.3, 0.4) is 0 Å². The van der Waals surface area contributed by atoms with Gasteiger partial charge < -0.3 is 5.32 Å². The molecule has 1 aromatic carbocycles. The predicted molar refractivity (Wildman–Crippen MR) is 60.0 cm³/mol. The lowest BCUT2D eigenvalue weighted by Crippen LogP contribution is -2.11. The molecular formula is C11H13ClF3N. The first-order valence-electron chi connectivity index (χ1n) is 4.95. The SMILES string of the molecule is Cc1ccc(Cl)cc1NCCCC(F)(F)F. The molecule has 1 aromatic rings. The fraction of sp³-hybridized carbons (Fsp3) is 0.455. The van der Waals surface area contributed by atoms with E-state index in [0.29, 0.717) is 11.6 Å². The van der Waals surface area contributed by atoms with Gasteiger partial charge in [-0.25, -0.2) is 0 Å². The standard InChI is InChI=1S/C11H13ClF3N/c1-8-3-4-9(12)7-10(8)16-6-2-5-11(13,14)15/h3-4,7,16H,2,5-6H2,1H3. The van der Waals surface area contributed by atoms with E-state index in [-0.39, 0.29) is 6.42 Å². The van der Waals surface area contributed by atoms with Crippen molar-refractivity contribution in [3.05, 3.63) is 28.8 Å². The highest BCUT2D eigenvalue weighted by Crippen LogP contribution is 2.23. The highest BCUT2D eigenvalue weighted by molar-refractivity contribution is 6.30. The second-order valence-electron chi connectivity index (χ2n) is 3.60. The fourth-order valence-electron chi connectivity index (χ4n) is 1.30. The van der Waals surface area contributed by atoms with Crippen LogP contribution in [0.1, 0.15) is 18.4 Å². The largest absolute Gasteiger partial charge is 0.389 e. The van der Waals surface area contributed by atoms with Crippen molar-refractivity contribution >= 4 is 17.3 Å². The van der Waals surface area contributed by atoms with Crippen LogP contribution in [-0.4, -0.2) is 12.7 Å². The normalized spacial score (nSPS) is 11.6. The van der Waals surface area contributed by atoms with Crippen molar-refractivity contribution in [2.75, 3.05) is 11.9 Å². The molecular weight excluding hydrogens is 239 g/mol. The average Bonchev–Trinajstić information content (AvgIpc) is 2.16. The van der Waals surface area contributed by atoms with Crippen molar-refractivity contribution in [2.24, 2.45) is 0 Å². The Morgan fingerprint density at radius 1 is 1.31 bits per heavy atom. The molecule has 1 nitrogen and oxygen atoms in total. The number of aryl methyl sites for hydroxylation is 1. The van der Waals surface area contributed by atoms with Gasteiger partial charge in [0.25, 0.3) is 0 Å². The third-order valence-corrected chi connectivity index (χ3v) is 2.39. The first-order chi connectivity index (χ1) is 7.38. The summed E-state index contributed by atoms with van der Waals surface area (Å²) in [5.74, 6) is 0. The van der Waals surface area contributed by atoms with E-state index in [4.69, 9.17) is 11.6 Å². The van der Waals surface area contributed by atoms with Gasteiger partial charge >= 0.3 is 6.18 Å². The van der Waals surface area contributed by atoms with Crippen molar-refractivity contribution in [1.82, 2.24) is 0 Å². The Labute approximate surface area is 97.6 Å². The number of rotatable bonds is 4. The monoisotopic (exact) mass is 251 g/mol. The lowest BCUT2D eigenvalue weighted by molar-refractivity contribution is -0.134. The highest BCUT2D eigenvalue weighted by atomic mass is 35.5. The average molecular weight is 252 g/mol. The Bertz CT molecular complexity index is 350. The van der Waals surface area contributed by atoms with Gasteiger partial charge in [-0.3, -0.25) is 0 Å². The number of hydrogen-bond acceptors (Lipinski definition) is 1. The molecule has 0 atom stereocenters. The van der Waals surface area contributed by atoms with Crippen LogP contribution in [0.2, 0.25) is 5.02 Å². The highest BCUT2D eigenvalue weighted by Gasteiger charge is 2.25. The van der Waals surface area contributed by atoms with Crippen molar-refractivity contribution in [3.63, 3.8) is 0 Å². The molecule has 1 N–H and O–H groups in total. The molecule has 0 spiro atoms. The van der Waals surface area contributed by atoms with Gasteiger partial charge in [-0.05, 0) is 31.0 Å². The van der Waals surface area contributed by atoms with E-state index in [1.165, 1.54) is 0 Å². The van der Waals surface area contributed by atoms with Gasteiger partial charge in [0.15, 0.2) is 0 Å². The second kappa shape index (κ2) is 5.43. The molecule has 0 heterocycles. The molecule has 0 amide bonds. The molecule has 0 unspecified atom stereocenters. The van der Waals surface area contributed by atoms with Crippen LogP contribution in [0.25, 0.3) is 0 Å². The summed E-state index contributed by atoms with van der Waals surface area (Å²) in [5.41, 5.74) is 1.76. The Morgan fingerprint density at radius 3 is 2.62 bits per heavy atom. The van der Waals surface area contributed by atoms with Gasteiger partial charge in [0.2, 0.25) is 0 Å². The zero-order chi connectivity index (χ0) is 12.2. The van der Waals surface area contributed by atoms with E-state index in [2.05, 4.69) is 5.32 Å². The summed E-state index contributed by atoms with van der Waals surface area (Å²) in [5, 5.41) is 3.51. The lowest BCUT2D eigenvalue weighted by atomic mass is 10.2. The van der Waals surface area contributed by atoms with Gasteiger partial charge in [-0.15, -0.1) is 0 Å². The molecule has 0 fully saturated rings. The minimum atomic E-state index is -4.08. The van der Waals surface area contributed by atoms with Crippen LogP contribution < -0.4 is 5.32 Å². The summed E-state index contributed by atoms with van der Waals surface area (Å²) in [4.78, 5) is 0. The summed E-state index contributed by atoms with van der Waals surface area (Å²) in [6.45, 7) is 2.17. The van der Waals surface area contributed by atoms with E-state index in [1.54, 1.807) is 12.1 Å². The molecule has 0 saturated carbocycles. The van der Waals surface area contributed by atoms with E-state index < -0.39 is 12.6 Å². The fourth-order valence-corrected chi connectivity index (χ4v) is 1.47. The molecule has 90 valence electrons. The Hall–Kier alpha value is -0.900. The third kappa shape index (κ3) is 4.75. The second-order valence-corrected chi connectivity index (χ2v) is 4.04. The lowest BCUT2D eigenvalue weighted by Gasteiger charge is -2.10. The number of halogens is 4. The summed E-state index contributed by atoms with van der Waals surface area (Å²) in [6.07, 6.45) is -4.78. The Balaban J connectivity index is 2.40. The smallest absolute Gasteiger partial charge is 0.385 e. The maximum atomic E-state index is 11.9. The minimum absolute atomic E-state index is 0.0649. The summed E-state index contributed by atoms with van der Waals surface area (Å²) < 4.78 is 35.6. The van der Waals surface area contributed by atoms with Crippen molar-refractivity contribution in [3.8, 4) is 0 Å². The summed E-state index contributed by atoms with van der Waals surface area (Å²) in [6, 6.07) is 5.29. The molecule has 1 rings (SSSR count). The topological polar surface area (TPSA) is 12.0 Å². The molecule has 0 bridgehead atoms. The van der Waals surface area contributed by atoms with E-state index in [9.17, 15) is 13.2 Å². The number of anilines is 1. The van der Waals surface area contributed by atoms with Gasteiger partial charge in [-0.2, -0.15) is 13.2 Å². The first-order valence-corrected chi connectivity index (χ1v) is 5.33. The van der Waals surface area contributed by atoms with E-state index >= 15 is 0 Å². The van der Waals surface area contributed by atoms with Crippen LogP contribution in [0.5, 0.6) is 0 Å². The first kappa shape index (κ1) is 13.2. The van der Waals surface area contributed by atoms with Gasteiger partial charge in [0, 0.05) is 23.7 Å². The maximum absolute atomic E-state index is 11.9. The van der Waals surface area contributed by atoms with Crippen LogP contribution in [0.15, 0.2) is 18.2 Å². The predicted octanol–water partition coefficient (Wildman–Crippen LogP) is 4.40. The van der Waals surface area contributed by atoms with E-state index in [0.717, 1.165) is 11.3 Å². The number of nitrogens with one attached hydrogen (secondary N) is 1. The van der Waals surface area contributed by atoms with Gasteiger partial charge in [0.1, 0.15) is 0 Å². The Kier molecular flexibility index (Phi) is 4.47. The van der Waals surface area contributed by atoms with Crippen molar-refractivity contribution < 1.29 is 13.2 Å². The van der Waals surface area contributed by atoms with Crippen LogP contribution in [0.4, 0.5) is 18.9 Å². The molecule has 0 aliphatic carbocycles. The van der Waals surface area contributed by atoms with Gasteiger partial charge in [0.05, 0.1) is 0 Å². The van der Waals surface area contributed by atoms with Crippen LogP contribution in [-0.2, 0) is 0 Å². The zero-order valence-electron chi connectivity index (χ0n) is 8.87. The molecule has 0 aliphatic heterocycles. The quantitative estimate of drug-likeness (QED) is 0.782. The molecule has 0 aromatic heterocycles. The number of benzene rings is 1. The molecule has 5 heteroatoms. The van der Waals surface area contributed by atoms with E-state index in [1.807, 2.05) is 13.0 Å². The number of alkyl halides is 3. The summed E-state index contributed by atoms with van der Waals surface area (Å²) in [7, 11) is 0. The van der Waals surface area contributed by atoms with Crippen molar-refractivity contribution in [2.45, 2.75) is 25.9 Å². The molecule has 0 saturated heterocycles. The van der Waals surface area contributed by atoms with Gasteiger partial charge in [-0.1, -0.05) is 17.7 Å². The zero-order valence-corrected chi connectivity index (χ0v) is 9.62. The Morgan fingerprint density at radius 2 is 2.00 bits per heavy atom. The molecule has 0 aliphatic rings.